The SMILES string of the molecule is CC.CC.CCC1CN(c2ccc(N3CCN(CCCOc4ccc5c(c4)B(O)OC5CC)CC3)cc2)C(=O)O1.CCC1CN(c2ccc(N3CCN(CCCOc4cccc5c4B(O)OC5CN)CC3)cc2)C(=O)O1. The number of nitrogens with zero attached hydrogens (tertiary/aromatic N) is 6. The van der Waals surface area contributed by atoms with Crippen LogP contribution in [0, 0.1) is 0 Å². The van der Waals surface area contributed by atoms with Crippen molar-refractivity contribution in [2.75, 3.05) is 118 Å². The van der Waals surface area contributed by atoms with Gasteiger partial charge >= 0.3 is 26.4 Å². The Morgan fingerprint density at radius 2 is 1.07 bits per heavy atom. The molecule has 412 valence electrons. The van der Waals surface area contributed by atoms with Gasteiger partial charge in [-0.25, -0.2) is 9.59 Å². The Hall–Kier alpha value is -5.53. The van der Waals surface area contributed by atoms with Crippen molar-refractivity contribution in [2.24, 2.45) is 5.73 Å². The first kappa shape index (κ1) is 58.2. The Morgan fingerprint density at radius 1 is 0.579 bits per heavy atom. The molecular formula is C57H83B2N7O10. The Morgan fingerprint density at radius 3 is 1.54 bits per heavy atom. The number of hydrogen-bond acceptors (Lipinski definition) is 15. The molecule has 19 heteroatoms. The second-order valence-corrected chi connectivity index (χ2v) is 19.3. The molecule has 4 fully saturated rings. The normalized spacial score (nSPS) is 21.2. The fraction of sp³-hybridized carbons (Fsp3) is 0.544. The predicted molar refractivity (Wildman–Crippen MR) is 304 cm³/mol. The summed E-state index contributed by atoms with van der Waals surface area (Å²) in [5.74, 6) is 1.46. The van der Waals surface area contributed by atoms with E-state index in [4.69, 9.17) is 34.0 Å². The minimum absolute atomic E-state index is 0.0138. The Balaban J connectivity index is 0.000000208. The summed E-state index contributed by atoms with van der Waals surface area (Å²) in [6, 6.07) is 28.1. The van der Waals surface area contributed by atoms with Crippen LogP contribution in [0.15, 0.2) is 84.9 Å². The molecule has 4 N–H and O–H groups in total. The van der Waals surface area contributed by atoms with E-state index in [2.05, 4.69) is 50.8 Å². The van der Waals surface area contributed by atoms with E-state index in [9.17, 15) is 19.6 Å². The molecule has 4 aromatic rings. The molecule has 17 nitrogen and oxygen atoms in total. The molecule has 0 aliphatic carbocycles. The molecule has 4 saturated heterocycles. The van der Waals surface area contributed by atoms with Crippen molar-refractivity contribution < 1.29 is 47.9 Å². The molecule has 0 aromatic heterocycles. The van der Waals surface area contributed by atoms with Gasteiger partial charge in [0.25, 0.3) is 0 Å². The van der Waals surface area contributed by atoms with Crippen molar-refractivity contribution in [1.29, 1.82) is 0 Å². The highest BCUT2D eigenvalue weighted by molar-refractivity contribution is 6.63. The highest BCUT2D eigenvalue weighted by Crippen LogP contribution is 2.31. The monoisotopic (exact) mass is 1050 g/mol. The third-order valence-electron chi connectivity index (χ3n) is 14.8. The number of carbonyl (C=O) groups is 2. The summed E-state index contributed by atoms with van der Waals surface area (Å²) in [6.07, 6.45) is 3.52. The zero-order valence-corrected chi connectivity index (χ0v) is 46.1. The van der Waals surface area contributed by atoms with Crippen molar-refractivity contribution in [2.45, 2.75) is 105 Å². The molecule has 6 aliphatic heterocycles. The van der Waals surface area contributed by atoms with Crippen molar-refractivity contribution >= 4 is 60.1 Å². The summed E-state index contributed by atoms with van der Waals surface area (Å²) in [5.41, 5.74) is 13.4. The third-order valence-corrected chi connectivity index (χ3v) is 14.8. The molecule has 6 heterocycles. The quantitative estimate of drug-likeness (QED) is 0.0688. The summed E-state index contributed by atoms with van der Waals surface area (Å²) < 4.78 is 33.9. The summed E-state index contributed by atoms with van der Waals surface area (Å²) in [4.78, 5) is 37.4. The summed E-state index contributed by atoms with van der Waals surface area (Å²) in [5, 5.41) is 20.4. The van der Waals surface area contributed by atoms with Crippen LogP contribution in [0.2, 0.25) is 0 Å². The van der Waals surface area contributed by atoms with Crippen molar-refractivity contribution in [1.82, 2.24) is 9.80 Å². The summed E-state index contributed by atoms with van der Waals surface area (Å²) in [7, 11) is -1.84. The van der Waals surface area contributed by atoms with Crippen LogP contribution in [0.25, 0.3) is 0 Å². The largest absolute Gasteiger partial charge is 0.495 e. The van der Waals surface area contributed by atoms with Crippen LogP contribution in [0.3, 0.4) is 0 Å². The van der Waals surface area contributed by atoms with Gasteiger partial charge in [0.2, 0.25) is 0 Å². The second kappa shape index (κ2) is 28.7. The van der Waals surface area contributed by atoms with Gasteiger partial charge in [0, 0.05) is 100 Å². The second-order valence-electron chi connectivity index (χ2n) is 19.3. The van der Waals surface area contributed by atoms with Gasteiger partial charge in [-0.15, -0.1) is 0 Å². The van der Waals surface area contributed by atoms with E-state index < -0.39 is 14.2 Å². The van der Waals surface area contributed by atoms with Crippen LogP contribution in [0.1, 0.15) is 104 Å². The Labute approximate surface area is 452 Å². The predicted octanol–water partition coefficient (Wildman–Crippen LogP) is 6.96. The Kier molecular flexibility index (Phi) is 22.0. The van der Waals surface area contributed by atoms with Crippen LogP contribution >= 0.6 is 0 Å². The molecule has 4 atom stereocenters. The lowest BCUT2D eigenvalue weighted by Gasteiger charge is -2.36. The third kappa shape index (κ3) is 14.3. The number of carbonyl (C=O) groups excluding carboxylic acids is 2. The molecule has 4 unspecified atom stereocenters. The molecule has 10 rings (SSSR count). The van der Waals surface area contributed by atoms with E-state index in [1.165, 1.54) is 11.4 Å². The highest BCUT2D eigenvalue weighted by atomic mass is 16.6. The number of fused-ring (bicyclic) bond motifs is 2. The van der Waals surface area contributed by atoms with Gasteiger partial charge in [0.05, 0.1) is 38.5 Å². The summed E-state index contributed by atoms with van der Waals surface area (Å²) >= 11 is 0. The number of rotatable bonds is 18. The van der Waals surface area contributed by atoms with E-state index in [0.29, 0.717) is 44.1 Å². The number of hydrogen-bond donors (Lipinski definition) is 3. The van der Waals surface area contributed by atoms with Gasteiger partial charge < -0.3 is 53.8 Å². The summed E-state index contributed by atoms with van der Waals surface area (Å²) in [6.45, 7) is 26.8. The molecule has 6 aliphatic rings. The van der Waals surface area contributed by atoms with E-state index in [1.54, 1.807) is 9.80 Å². The smallest absolute Gasteiger partial charge is 0.494 e. The first-order chi connectivity index (χ1) is 37.1. The molecule has 0 radical (unpaired) electrons. The zero-order valence-electron chi connectivity index (χ0n) is 46.1. The van der Waals surface area contributed by atoms with Gasteiger partial charge in [-0.1, -0.05) is 66.7 Å². The van der Waals surface area contributed by atoms with Crippen LogP contribution in [-0.2, 0) is 18.8 Å². The Bertz CT molecular complexity index is 2430. The minimum Gasteiger partial charge on any atom is -0.494 e. The number of benzene rings is 4. The number of nitrogens with two attached hydrogens (primary N) is 1. The lowest BCUT2D eigenvalue weighted by Crippen LogP contribution is -2.46. The molecule has 2 amide bonds. The maximum Gasteiger partial charge on any atom is 0.495 e. The number of ether oxygens (including phenoxy) is 4. The van der Waals surface area contributed by atoms with Crippen LogP contribution in [0.4, 0.5) is 32.3 Å². The molecule has 0 bridgehead atoms. The van der Waals surface area contributed by atoms with Gasteiger partial charge in [-0.05, 0) is 115 Å². The molecular weight excluding hydrogens is 964 g/mol. The first-order valence-electron chi connectivity index (χ1n) is 28.1. The zero-order chi connectivity index (χ0) is 54.1. The minimum atomic E-state index is -0.982. The van der Waals surface area contributed by atoms with Crippen LogP contribution in [0.5, 0.6) is 11.5 Å². The van der Waals surface area contributed by atoms with Gasteiger partial charge in [0.1, 0.15) is 23.7 Å². The van der Waals surface area contributed by atoms with Crippen molar-refractivity contribution in [3.05, 3.63) is 96.1 Å². The molecule has 0 spiro atoms. The van der Waals surface area contributed by atoms with E-state index >= 15 is 0 Å². The van der Waals surface area contributed by atoms with Gasteiger partial charge in [-0.2, -0.15) is 0 Å². The maximum atomic E-state index is 12.1. The van der Waals surface area contributed by atoms with Gasteiger partial charge in [0.15, 0.2) is 0 Å². The van der Waals surface area contributed by atoms with E-state index in [-0.39, 0.29) is 36.6 Å². The molecule has 0 saturated carbocycles. The standard InChI is InChI=1S/C27H36BN3O5.C26H35BN4O5.2C2H6/c1-3-22-19-31(27(32)35-22)21-8-6-20(7-9-21)30-15-13-29(14-16-30)12-5-17-34-23-10-11-24-25(18-23)28(33)36-26(24)4-2;1-2-21-18-31(26(32)35-21)20-9-7-19(8-10-20)30-14-12-29(13-15-30)11-4-16-34-23-6-3-5-22-24(17-28)36-27(33)25(22)23;2*1-2/h6-11,18,22,26,33H,3-5,12-17,19H2,1-2H3;3,5-10,21,24,33H,2,4,11-18,28H2,1H3;2*1-2H3. The van der Waals surface area contributed by atoms with Crippen LogP contribution in [-0.4, -0.2) is 157 Å². The fourth-order valence-electron chi connectivity index (χ4n) is 10.5. The van der Waals surface area contributed by atoms with E-state index in [0.717, 1.165) is 131 Å². The van der Waals surface area contributed by atoms with Gasteiger partial charge in [-0.3, -0.25) is 19.6 Å². The lowest BCUT2D eigenvalue weighted by molar-refractivity contribution is 0.138. The first-order valence-corrected chi connectivity index (χ1v) is 28.1. The molecule has 4 aromatic carbocycles. The number of cyclic esters (lactones) is 2. The van der Waals surface area contributed by atoms with E-state index in [1.807, 2.05) is 102 Å². The lowest BCUT2D eigenvalue weighted by atomic mass is 9.78. The fourth-order valence-corrected chi connectivity index (χ4v) is 10.5. The van der Waals surface area contributed by atoms with Crippen molar-refractivity contribution in [3.63, 3.8) is 0 Å². The average Bonchev–Trinajstić information content (AvgIpc) is 4.25. The van der Waals surface area contributed by atoms with Crippen LogP contribution < -0.4 is 45.7 Å². The maximum absolute atomic E-state index is 12.1. The number of anilines is 4. The average molecular weight is 1050 g/mol. The molecule has 76 heavy (non-hydrogen) atoms. The highest BCUT2D eigenvalue weighted by Gasteiger charge is 2.38. The number of amides is 2. The number of piperazine rings is 2. The topological polar surface area (TPSA) is 175 Å². The van der Waals surface area contributed by atoms with Crippen molar-refractivity contribution in [3.8, 4) is 11.5 Å².